The Hall–Kier alpha value is -1.36. The molecule has 0 saturated carbocycles. The van der Waals surface area contributed by atoms with Gasteiger partial charge in [-0.15, -0.1) is 0 Å². The maximum absolute atomic E-state index is 12.0. The van der Waals surface area contributed by atoms with Gasteiger partial charge in [-0.05, 0) is 19.4 Å². The van der Waals surface area contributed by atoms with Crippen molar-refractivity contribution in [3.63, 3.8) is 0 Å². The summed E-state index contributed by atoms with van der Waals surface area (Å²) in [5, 5.41) is 8.89. The third-order valence-electron chi connectivity index (χ3n) is 4.29. The van der Waals surface area contributed by atoms with Crippen LogP contribution in [0.2, 0.25) is 0 Å². The van der Waals surface area contributed by atoms with E-state index < -0.39 is 5.97 Å². The largest absolute Gasteiger partial charge is 0.550 e. The van der Waals surface area contributed by atoms with Crippen molar-refractivity contribution >= 4 is 11.9 Å². The van der Waals surface area contributed by atoms with Crippen molar-refractivity contribution in [1.82, 2.24) is 0 Å². The van der Waals surface area contributed by atoms with Crippen LogP contribution < -0.4 is 5.11 Å². The lowest BCUT2D eigenvalue weighted by atomic mass is 10.1. The molecule has 5 heteroatoms. The maximum atomic E-state index is 12.0. The molecule has 1 aliphatic rings. The van der Waals surface area contributed by atoms with Gasteiger partial charge in [0.2, 0.25) is 6.23 Å². The first-order valence-corrected chi connectivity index (χ1v) is 9.22. The van der Waals surface area contributed by atoms with Gasteiger partial charge in [0.1, 0.15) is 6.54 Å². The molecule has 2 unspecified atom stereocenters. The Balaban J connectivity index is 0.00000118. The van der Waals surface area contributed by atoms with E-state index in [0.29, 0.717) is 6.42 Å². The molecule has 0 aromatic carbocycles. The predicted molar refractivity (Wildman–Crippen MR) is 93.9 cm³/mol. The minimum atomic E-state index is -1.08. The zero-order valence-corrected chi connectivity index (χ0v) is 15.9. The lowest BCUT2D eigenvalue weighted by Crippen LogP contribution is -2.55. The Morgan fingerprint density at radius 1 is 1.17 bits per heavy atom. The third kappa shape index (κ3) is 10.4. The number of hydrogen-bond acceptors (Lipinski definition) is 4. The molecule has 0 saturated heterocycles. The van der Waals surface area contributed by atoms with Crippen molar-refractivity contribution in [3.8, 4) is 0 Å². The molecule has 1 rings (SSSR count). The highest BCUT2D eigenvalue weighted by atomic mass is 16.6. The number of ether oxygens (including phenoxy) is 1. The number of esters is 1. The van der Waals surface area contributed by atoms with E-state index in [1.807, 2.05) is 0 Å². The van der Waals surface area contributed by atoms with Gasteiger partial charge < -0.3 is 14.6 Å². The van der Waals surface area contributed by atoms with Crippen LogP contribution in [-0.4, -0.2) is 42.8 Å². The number of carbonyl (C=O) groups is 2. The Morgan fingerprint density at radius 2 is 1.79 bits per heavy atom. The van der Waals surface area contributed by atoms with Crippen molar-refractivity contribution in [3.05, 3.63) is 12.2 Å². The van der Waals surface area contributed by atoms with Gasteiger partial charge in [-0.1, -0.05) is 45.6 Å². The Bertz CT molecular complexity index is 391. The van der Waals surface area contributed by atoms with Crippen molar-refractivity contribution in [1.29, 1.82) is 0 Å². The number of likely N-dealkylation sites (N-methyl/N-ethyl adjacent to an activating group) is 1. The molecule has 0 bridgehead atoms. The van der Waals surface area contributed by atoms with Crippen LogP contribution in [0.5, 0.6) is 0 Å². The number of quaternary nitrogens is 1. The number of carboxylic acids is 1. The number of hydrogen-bond donors (Lipinski definition) is 0. The number of nitrogens with zero attached hydrogens (tertiary/aromatic N) is 1. The highest BCUT2D eigenvalue weighted by Crippen LogP contribution is 2.20. The van der Waals surface area contributed by atoms with Crippen molar-refractivity contribution in [2.45, 2.75) is 78.4 Å². The molecule has 0 amide bonds. The lowest BCUT2D eigenvalue weighted by molar-refractivity contribution is -0.948. The molecule has 0 radical (unpaired) electrons. The van der Waals surface area contributed by atoms with E-state index in [1.165, 1.54) is 19.3 Å². The fourth-order valence-corrected chi connectivity index (χ4v) is 2.89. The molecule has 0 aliphatic carbocycles. The first-order valence-electron chi connectivity index (χ1n) is 9.22. The van der Waals surface area contributed by atoms with E-state index in [0.717, 1.165) is 50.2 Å². The van der Waals surface area contributed by atoms with Crippen LogP contribution in [0.1, 0.15) is 72.1 Å². The summed E-state index contributed by atoms with van der Waals surface area (Å²) in [6.45, 7) is 7.33. The van der Waals surface area contributed by atoms with Crippen molar-refractivity contribution in [2.75, 3.05) is 20.1 Å². The second-order valence-corrected chi connectivity index (χ2v) is 6.65. The minimum Gasteiger partial charge on any atom is -0.550 e. The quantitative estimate of drug-likeness (QED) is 0.280. The van der Waals surface area contributed by atoms with E-state index in [4.69, 9.17) is 14.6 Å². The monoisotopic (exact) mass is 341 g/mol. The van der Waals surface area contributed by atoms with Crippen LogP contribution in [0.25, 0.3) is 0 Å². The molecule has 24 heavy (non-hydrogen) atoms. The average molecular weight is 341 g/mol. The van der Waals surface area contributed by atoms with E-state index in [2.05, 4.69) is 33.0 Å². The van der Waals surface area contributed by atoms with Crippen molar-refractivity contribution < 1.29 is 23.9 Å². The first kappa shape index (κ1) is 22.6. The summed E-state index contributed by atoms with van der Waals surface area (Å²) < 4.78 is 6.59. The number of rotatable bonds is 9. The molecule has 0 N–H and O–H groups in total. The minimum absolute atomic E-state index is 0.0118. The van der Waals surface area contributed by atoms with Gasteiger partial charge in [0, 0.05) is 25.2 Å². The van der Waals surface area contributed by atoms with Gasteiger partial charge in [0.15, 0.2) is 0 Å². The summed E-state index contributed by atoms with van der Waals surface area (Å²) >= 11 is 0. The van der Waals surface area contributed by atoms with Gasteiger partial charge >= 0.3 is 5.97 Å². The molecule has 1 aliphatic heterocycles. The number of carbonyl (C=O) groups excluding carboxylic acids is 2. The Labute approximate surface area is 147 Å². The van der Waals surface area contributed by atoms with Crippen LogP contribution in [0.15, 0.2) is 12.2 Å². The second kappa shape index (κ2) is 13.0. The highest BCUT2D eigenvalue weighted by Gasteiger charge is 2.34. The molecule has 5 nitrogen and oxygen atoms in total. The van der Waals surface area contributed by atoms with E-state index in [-0.39, 0.29) is 12.2 Å². The van der Waals surface area contributed by atoms with Gasteiger partial charge in [-0.2, -0.15) is 0 Å². The zero-order chi connectivity index (χ0) is 18.4. The van der Waals surface area contributed by atoms with Crippen molar-refractivity contribution in [2.24, 2.45) is 0 Å². The molecular weight excluding hydrogens is 306 g/mol. The third-order valence-corrected chi connectivity index (χ3v) is 4.29. The highest BCUT2D eigenvalue weighted by molar-refractivity contribution is 5.69. The number of carboxylic acid groups (broad SMARTS) is 1. The summed E-state index contributed by atoms with van der Waals surface area (Å²) in [7, 11) is 2.20. The summed E-state index contributed by atoms with van der Waals surface area (Å²) in [5.74, 6) is -1.10. The maximum Gasteiger partial charge on any atom is 0.310 e. The van der Waals surface area contributed by atoms with Crippen LogP contribution in [0.3, 0.4) is 0 Å². The SMILES string of the molecule is CC(=O)[O-].CCCCCCCC(=O)OC(CC)[N+]1(C)CC=CCC1. The van der Waals surface area contributed by atoms with Crippen LogP contribution in [0.4, 0.5) is 0 Å². The summed E-state index contributed by atoms with van der Waals surface area (Å²) in [5.41, 5.74) is 0. The zero-order valence-electron chi connectivity index (χ0n) is 15.9. The van der Waals surface area contributed by atoms with Crippen LogP contribution in [-0.2, 0) is 14.3 Å². The summed E-state index contributed by atoms with van der Waals surface area (Å²) in [6, 6.07) is 0. The van der Waals surface area contributed by atoms with E-state index in [1.54, 1.807) is 0 Å². The summed E-state index contributed by atoms with van der Waals surface area (Å²) in [6.07, 6.45) is 12.9. The topological polar surface area (TPSA) is 66.4 Å². The summed E-state index contributed by atoms with van der Waals surface area (Å²) in [4.78, 5) is 20.9. The Morgan fingerprint density at radius 3 is 2.29 bits per heavy atom. The molecule has 1 heterocycles. The molecule has 2 atom stereocenters. The van der Waals surface area contributed by atoms with E-state index >= 15 is 0 Å². The number of unbranched alkanes of at least 4 members (excludes halogenated alkanes) is 4. The molecule has 0 aromatic rings. The van der Waals surface area contributed by atoms with Gasteiger partial charge in [-0.25, -0.2) is 0 Å². The average Bonchev–Trinajstić information content (AvgIpc) is 2.52. The standard InChI is InChI=1S/C17H32NO2.C2H4O2/c1-4-6-7-8-10-13-17(19)20-16(5-2)18(3)14-11-9-12-15-18;1-2(3)4/h9,11,16H,4-8,10,12-15H2,1-3H3;1H3,(H,3,4)/q+1;/p-1. The van der Waals surface area contributed by atoms with Gasteiger partial charge in [0.25, 0.3) is 0 Å². The molecular formula is C19H35NO4. The smallest absolute Gasteiger partial charge is 0.310 e. The predicted octanol–water partition coefficient (Wildman–Crippen LogP) is 2.79. The Kier molecular flexibility index (Phi) is 12.3. The molecule has 0 aromatic heterocycles. The molecule has 140 valence electrons. The van der Waals surface area contributed by atoms with Crippen LogP contribution in [0, 0.1) is 0 Å². The van der Waals surface area contributed by atoms with Gasteiger partial charge in [0.05, 0.1) is 13.6 Å². The number of aliphatic carboxylic acids is 1. The molecule has 0 spiro atoms. The molecule has 0 fully saturated rings. The van der Waals surface area contributed by atoms with Crippen LogP contribution >= 0.6 is 0 Å². The second-order valence-electron chi connectivity index (χ2n) is 6.65. The van der Waals surface area contributed by atoms with E-state index in [9.17, 15) is 4.79 Å². The van der Waals surface area contributed by atoms with Gasteiger partial charge in [-0.3, -0.25) is 9.28 Å². The fourth-order valence-electron chi connectivity index (χ4n) is 2.89. The normalized spacial score (nSPS) is 20.7. The lowest BCUT2D eigenvalue weighted by Gasteiger charge is -2.40. The fraction of sp³-hybridized carbons (Fsp3) is 0.789. The first-order chi connectivity index (χ1) is 11.4.